The van der Waals surface area contributed by atoms with Crippen molar-refractivity contribution in [3.63, 3.8) is 0 Å². The van der Waals surface area contributed by atoms with Crippen molar-refractivity contribution >= 4 is 60.4 Å². The van der Waals surface area contributed by atoms with Gasteiger partial charge in [0.25, 0.3) is 15.9 Å². The average Bonchev–Trinajstić information content (AvgIpc) is 3.33. The van der Waals surface area contributed by atoms with Crippen LogP contribution in [0.25, 0.3) is 10.2 Å². The van der Waals surface area contributed by atoms with Gasteiger partial charge in [-0.3, -0.25) is 4.79 Å². The molecule has 0 radical (unpaired) electrons. The van der Waals surface area contributed by atoms with Crippen molar-refractivity contribution in [2.75, 3.05) is 19.7 Å². The summed E-state index contributed by atoms with van der Waals surface area (Å²) in [5.74, 6) is -0.0306. The van der Waals surface area contributed by atoms with Crippen molar-refractivity contribution in [1.82, 2.24) is 8.87 Å². The van der Waals surface area contributed by atoms with Crippen molar-refractivity contribution < 1.29 is 17.9 Å². The number of fused-ring (bicyclic) bond motifs is 1. The predicted molar refractivity (Wildman–Crippen MR) is 123 cm³/mol. The van der Waals surface area contributed by atoms with Gasteiger partial charge in [-0.05, 0) is 44.0 Å². The Morgan fingerprint density at radius 2 is 2.10 bits per heavy atom. The van der Waals surface area contributed by atoms with Crippen LogP contribution in [-0.4, -0.2) is 42.9 Å². The molecule has 2 aromatic heterocycles. The first kappa shape index (κ1) is 22.5. The first-order valence-electron chi connectivity index (χ1n) is 9.86. The largest absolute Gasteiger partial charge is 0.492 e. The van der Waals surface area contributed by atoms with Crippen molar-refractivity contribution in [3.8, 4) is 5.75 Å². The number of sulfonamides is 1. The van der Waals surface area contributed by atoms with Crippen LogP contribution in [-0.2, 0) is 21.9 Å². The second kappa shape index (κ2) is 9.03. The molecule has 31 heavy (non-hydrogen) atoms. The van der Waals surface area contributed by atoms with E-state index in [2.05, 4.69) is 4.99 Å². The molecular weight excluding hydrogens is 478 g/mol. The molecule has 3 heterocycles. The standard InChI is InChI=1S/C20H22ClN3O4S3/c1-3-28-14-7-4-8-15-18(14)23(2)20(29-15)22-19(25)13-6-5-11-24(12-13)31(26,27)17-10-9-16(21)30-17/h4,7-10,13H,3,5-6,11-12H2,1-2H3. The molecule has 4 rings (SSSR count). The summed E-state index contributed by atoms with van der Waals surface area (Å²) in [6.45, 7) is 2.98. The van der Waals surface area contributed by atoms with Crippen LogP contribution in [0.3, 0.4) is 0 Å². The summed E-state index contributed by atoms with van der Waals surface area (Å²) >= 11 is 8.35. The molecule has 166 valence electrons. The molecule has 7 nitrogen and oxygen atoms in total. The minimum Gasteiger partial charge on any atom is -0.492 e. The third kappa shape index (κ3) is 4.45. The highest BCUT2D eigenvalue weighted by molar-refractivity contribution is 7.91. The summed E-state index contributed by atoms with van der Waals surface area (Å²) in [5, 5.41) is 0. The Labute approximate surface area is 193 Å². The number of hydrogen-bond donors (Lipinski definition) is 0. The van der Waals surface area contributed by atoms with E-state index >= 15 is 0 Å². The van der Waals surface area contributed by atoms with E-state index < -0.39 is 15.9 Å². The Morgan fingerprint density at radius 3 is 2.81 bits per heavy atom. The number of ether oxygens (including phenoxy) is 1. The first-order valence-corrected chi connectivity index (χ1v) is 13.3. The van der Waals surface area contributed by atoms with Crippen LogP contribution in [0.1, 0.15) is 19.8 Å². The van der Waals surface area contributed by atoms with Gasteiger partial charge in [-0.2, -0.15) is 9.30 Å². The number of carbonyl (C=O) groups is 1. The van der Waals surface area contributed by atoms with E-state index in [-0.39, 0.29) is 16.7 Å². The molecule has 1 atom stereocenters. The Hall–Kier alpha value is -1.72. The van der Waals surface area contributed by atoms with E-state index in [1.807, 2.05) is 36.7 Å². The average molecular weight is 500 g/mol. The van der Waals surface area contributed by atoms with Crippen molar-refractivity contribution in [1.29, 1.82) is 0 Å². The molecule has 1 saturated heterocycles. The van der Waals surface area contributed by atoms with Crippen LogP contribution in [0.2, 0.25) is 4.34 Å². The van der Waals surface area contributed by atoms with Gasteiger partial charge in [-0.25, -0.2) is 8.42 Å². The Kier molecular flexibility index (Phi) is 6.55. The van der Waals surface area contributed by atoms with Gasteiger partial charge < -0.3 is 9.30 Å². The maximum atomic E-state index is 13.0. The molecular formula is C20H22ClN3O4S3. The highest BCUT2D eigenvalue weighted by Gasteiger charge is 2.34. The van der Waals surface area contributed by atoms with Crippen LogP contribution < -0.4 is 9.54 Å². The molecule has 1 aliphatic heterocycles. The normalized spacial score (nSPS) is 18.5. The highest BCUT2D eigenvalue weighted by Crippen LogP contribution is 2.31. The van der Waals surface area contributed by atoms with E-state index in [4.69, 9.17) is 16.3 Å². The quantitative estimate of drug-likeness (QED) is 0.533. The van der Waals surface area contributed by atoms with Crippen molar-refractivity contribution in [3.05, 3.63) is 39.5 Å². The second-order valence-corrected chi connectivity index (χ2v) is 12.1. The number of halogens is 1. The van der Waals surface area contributed by atoms with E-state index in [9.17, 15) is 13.2 Å². The molecule has 0 saturated carbocycles. The maximum Gasteiger partial charge on any atom is 0.252 e. The van der Waals surface area contributed by atoms with E-state index in [0.717, 1.165) is 27.3 Å². The SMILES string of the molecule is CCOc1cccc2sc(=NC(=O)C3CCCN(S(=O)(=O)c4ccc(Cl)s4)C3)n(C)c12. The summed E-state index contributed by atoms with van der Waals surface area (Å²) < 4.78 is 36.4. The van der Waals surface area contributed by atoms with E-state index in [1.54, 1.807) is 6.07 Å². The van der Waals surface area contributed by atoms with Crippen molar-refractivity contribution in [2.45, 2.75) is 24.0 Å². The summed E-state index contributed by atoms with van der Waals surface area (Å²) in [4.78, 5) is 17.9. The minimum atomic E-state index is -3.67. The monoisotopic (exact) mass is 499 g/mol. The fraction of sp³-hybridized carbons (Fsp3) is 0.400. The fourth-order valence-corrected chi connectivity index (χ4v) is 7.86. The van der Waals surface area contributed by atoms with Crippen LogP contribution >= 0.6 is 34.3 Å². The smallest absolute Gasteiger partial charge is 0.252 e. The van der Waals surface area contributed by atoms with Gasteiger partial charge in [0, 0.05) is 20.1 Å². The number of nitrogens with zero attached hydrogens (tertiary/aromatic N) is 3. The maximum absolute atomic E-state index is 13.0. The first-order chi connectivity index (χ1) is 14.8. The molecule has 0 bridgehead atoms. The van der Waals surface area contributed by atoms with Crippen molar-refractivity contribution in [2.24, 2.45) is 18.0 Å². The summed E-state index contributed by atoms with van der Waals surface area (Å²) in [6.07, 6.45) is 1.22. The van der Waals surface area contributed by atoms with Gasteiger partial charge in [-0.1, -0.05) is 29.0 Å². The lowest BCUT2D eigenvalue weighted by Gasteiger charge is -2.29. The fourth-order valence-electron chi connectivity index (χ4n) is 3.66. The second-order valence-electron chi connectivity index (χ2n) is 7.19. The van der Waals surface area contributed by atoms with Gasteiger partial charge in [-0.15, -0.1) is 11.3 Å². The number of para-hydroxylation sites is 1. The molecule has 1 unspecified atom stereocenters. The number of carbonyl (C=O) groups excluding carboxylic acids is 1. The number of benzene rings is 1. The number of hydrogen-bond acceptors (Lipinski definition) is 6. The molecule has 1 fully saturated rings. The lowest BCUT2D eigenvalue weighted by molar-refractivity contribution is -0.122. The van der Waals surface area contributed by atoms with Gasteiger partial charge in [0.2, 0.25) is 0 Å². The minimum absolute atomic E-state index is 0.124. The van der Waals surface area contributed by atoms with E-state index in [0.29, 0.717) is 35.1 Å². The van der Waals surface area contributed by atoms with Gasteiger partial charge >= 0.3 is 0 Å². The number of thiazole rings is 1. The molecule has 0 aliphatic carbocycles. The van der Waals surface area contributed by atoms with E-state index in [1.165, 1.54) is 21.7 Å². The third-order valence-corrected chi connectivity index (χ3v) is 9.83. The summed E-state index contributed by atoms with van der Waals surface area (Å²) in [7, 11) is -1.81. The Balaban J connectivity index is 1.61. The lowest BCUT2D eigenvalue weighted by Crippen LogP contribution is -2.42. The number of piperidine rings is 1. The Bertz CT molecular complexity index is 1290. The topological polar surface area (TPSA) is 81.0 Å². The molecule has 0 N–H and O–H groups in total. The molecule has 11 heteroatoms. The van der Waals surface area contributed by atoms with Gasteiger partial charge in [0.05, 0.1) is 21.6 Å². The molecule has 1 aliphatic rings. The molecule has 0 spiro atoms. The van der Waals surface area contributed by atoms with Crippen LogP contribution in [0.15, 0.2) is 39.5 Å². The summed E-state index contributed by atoms with van der Waals surface area (Å²) in [5.41, 5.74) is 0.892. The zero-order chi connectivity index (χ0) is 22.2. The van der Waals surface area contributed by atoms with Gasteiger partial charge in [0.15, 0.2) is 4.80 Å². The van der Waals surface area contributed by atoms with Gasteiger partial charge in [0.1, 0.15) is 15.5 Å². The highest BCUT2D eigenvalue weighted by atomic mass is 35.5. The predicted octanol–water partition coefficient (Wildman–Crippen LogP) is 3.88. The number of amides is 1. The summed E-state index contributed by atoms with van der Waals surface area (Å²) in [6, 6.07) is 8.85. The zero-order valence-corrected chi connectivity index (χ0v) is 20.3. The number of aromatic nitrogens is 1. The van der Waals surface area contributed by atoms with Crippen LogP contribution in [0, 0.1) is 5.92 Å². The molecule has 3 aromatic rings. The molecule has 1 aromatic carbocycles. The number of rotatable bonds is 5. The zero-order valence-electron chi connectivity index (χ0n) is 17.1. The third-order valence-electron chi connectivity index (χ3n) is 5.17. The van der Waals surface area contributed by atoms with Crippen LogP contribution in [0.4, 0.5) is 0 Å². The molecule has 1 amide bonds. The van der Waals surface area contributed by atoms with Crippen LogP contribution in [0.5, 0.6) is 5.75 Å². The number of aryl methyl sites for hydroxylation is 1. The Morgan fingerprint density at radius 1 is 1.29 bits per heavy atom. The number of thiophene rings is 1. The lowest BCUT2D eigenvalue weighted by atomic mass is 9.99.